The Bertz CT molecular complexity index is 1210. The number of nitriles is 1. The molecule has 0 radical (unpaired) electrons. The first-order valence-electron chi connectivity index (χ1n) is 9.62. The Morgan fingerprint density at radius 1 is 1.07 bits per heavy atom. The van der Waals surface area contributed by atoms with Crippen molar-refractivity contribution >= 4 is 27.3 Å². The van der Waals surface area contributed by atoms with Gasteiger partial charge in [-0.15, -0.1) is 0 Å². The van der Waals surface area contributed by atoms with E-state index in [1.807, 2.05) is 29.2 Å². The van der Waals surface area contributed by atoms with E-state index in [0.717, 1.165) is 42.5 Å². The number of allylic oxidation sites excluding steroid dienone is 3. The van der Waals surface area contributed by atoms with Crippen LogP contribution in [0.2, 0.25) is 5.02 Å². The minimum Gasteiger partial charge on any atom is -0.384 e. The Hall–Kier alpha value is -2.79. The Labute approximate surface area is 181 Å². The van der Waals surface area contributed by atoms with Crippen molar-refractivity contribution in [2.75, 3.05) is 4.90 Å². The lowest BCUT2D eigenvalue weighted by Crippen LogP contribution is -2.36. The van der Waals surface area contributed by atoms with Crippen LogP contribution in [0, 0.1) is 11.3 Å². The second-order valence-corrected chi connectivity index (χ2v) is 9.39. The molecule has 0 amide bonds. The SMILES string of the molecule is N#CC1=C(N)N(c2ccc(S(N)(=O)=O)cc2)C2=C(CCCC2)C1c1ccccc1Cl. The zero-order valence-corrected chi connectivity index (χ0v) is 17.7. The van der Waals surface area contributed by atoms with Crippen LogP contribution in [0.1, 0.15) is 37.2 Å². The van der Waals surface area contributed by atoms with Gasteiger partial charge in [-0.1, -0.05) is 29.8 Å². The lowest BCUT2D eigenvalue weighted by molar-refractivity contribution is 0.597. The van der Waals surface area contributed by atoms with E-state index in [9.17, 15) is 13.7 Å². The Kier molecular flexibility index (Phi) is 5.33. The molecule has 1 heterocycles. The molecule has 154 valence electrons. The number of hydrogen-bond donors (Lipinski definition) is 2. The summed E-state index contributed by atoms with van der Waals surface area (Å²) in [5.41, 5.74) is 10.7. The van der Waals surface area contributed by atoms with Crippen molar-refractivity contribution in [3.8, 4) is 6.07 Å². The fourth-order valence-corrected chi connectivity index (χ4v) is 5.08. The van der Waals surface area contributed by atoms with Crippen molar-refractivity contribution in [3.63, 3.8) is 0 Å². The molecule has 1 aliphatic carbocycles. The van der Waals surface area contributed by atoms with Crippen LogP contribution in [0.25, 0.3) is 0 Å². The van der Waals surface area contributed by atoms with E-state index in [1.54, 1.807) is 12.1 Å². The van der Waals surface area contributed by atoms with E-state index >= 15 is 0 Å². The van der Waals surface area contributed by atoms with E-state index in [0.29, 0.717) is 22.1 Å². The van der Waals surface area contributed by atoms with Gasteiger partial charge in [-0.3, -0.25) is 0 Å². The minimum atomic E-state index is -3.79. The summed E-state index contributed by atoms with van der Waals surface area (Å²) < 4.78 is 23.2. The predicted molar refractivity (Wildman–Crippen MR) is 117 cm³/mol. The van der Waals surface area contributed by atoms with Gasteiger partial charge in [-0.2, -0.15) is 5.26 Å². The smallest absolute Gasteiger partial charge is 0.238 e. The predicted octanol–water partition coefficient (Wildman–Crippen LogP) is 4.11. The Balaban J connectivity index is 1.89. The van der Waals surface area contributed by atoms with Gasteiger partial charge >= 0.3 is 0 Å². The zero-order valence-electron chi connectivity index (χ0n) is 16.2. The number of sulfonamides is 1. The molecule has 0 spiro atoms. The van der Waals surface area contributed by atoms with Gasteiger partial charge < -0.3 is 10.6 Å². The fraction of sp³-hybridized carbons (Fsp3) is 0.227. The van der Waals surface area contributed by atoms with E-state index in [4.69, 9.17) is 22.5 Å². The fourth-order valence-electron chi connectivity index (χ4n) is 4.32. The van der Waals surface area contributed by atoms with Crippen LogP contribution in [0.5, 0.6) is 0 Å². The Morgan fingerprint density at radius 3 is 2.37 bits per heavy atom. The lowest BCUT2D eigenvalue weighted by atomic mass is 9.76. The molecule has 4 N–H and O–H groups in total. The van der Waals surface area contributed by atoms with E-state index < -0.39 is 10.0 Å². The van der Waals surface area contributed by atoms with Crippen molar-refractivity contribution < 1.29 is 8.42 Å². The van der Waals surface area contributed by atoms with E-state index in [1.165, 1.54) is 12.1 Å². The number of rotatable bonds is 3. The number of nitrogens with two attached hydrogens (primary N) is 2. The number of benzene rings is 2. The van der Waals surface area contributed by atoms with Gasteiger partial charge in [-0.05, 0) is 67.2 Å². The molecule has 2 aliphatic rings. The number of nitrogens with zero attached hydrogens (tertiary/aromatic N) is 2. The van der Waals surface area contributed by atoms with Crippen molar-refractivity contribution in [2.24, 2.45) is 10.9 Å². The largest absolute Gasteiger partial charge is 0.384 e. The third kappa shape index (κ3) is 3.47. The minimum absolute atomic E-state index is 0.0260. The first kappa shape index (κ1) is 20.5. The molecular weight excluding hydrogens is 420 g/mol. The van der Waals surface area contributed by atoms with Crippen LogP contribution >= 0.6 is 11.6 Å². The molecule has 30 heavy (non-hydrogen) atoms. The molecule has 6 nitrogen and oxygen atoms in total. The number of primary sulfonamides is 1. The summed E-state index contributed by atoms with van der Waals surface area (Å²) in [6.45, 7) is 0. The highest BCUT2D eigenvalue weighted by Crippen LogP contribution is 2.48. The lowest BCUT2D eigenvalue weighted by Gasteiger charge is -2.40. The maximum Gasteiger partial charge on any atom is 0.238 e. The number of hydrogen-bond acceptors (Lipinski definition) is 5. The standard InChI is InChI=1S/C22H21ClN4O2S/c23-19-7-3-1-5-16(19)21-17-6-2-4-8-20(17)27(22(25)18(21)13-24)14-9-11-15(12-10-14)30(26,28)29/h1,3,5,7,9-12,21H,2,4,6,8,25H2,(H2,26,28,29). The molecule has 8 heteroatoms. The van der Waals surface area contributed by atoms with Gasteiger partial charge in [0, 0.05) is 22.3 Å². The average molecular weight is 441 g/mol. The maximum absolute atomic E-state index is 11.6. The van der Waals surface area contributed by atoms with Crippen LogP contribution in [0.15, 0.2) is 76.1 Å². The summed E-state index contributed by atoms with van der Waals surface area (Å²) in [4.78, 5) is 1.89. The van der Waals surface area contributed by atoms with Crippen LogP contribution in [-0.2, 0) is 10.0 Å². The Morgan fingerprint density at radius 2 is 1.73 bits per heavy atom. The van der Waals surface area contributed by atoms with Gasteiger partial charge in [-0.25, -0.2) is 13.6 Å². The van der Waals surface area contributed by atoms with Crippen molar-refractivity contribution in [3.05, 3.63) is 81.8 Å². The van der Waals surface area contributed by atoms with E-state index in [-0.39, 0.29) is 10.8 Å². The van der Waals surface area contributed by atoms with E-state index in [2.05, 4.69) is 6.07 Å². The number of anilines is 1. The first-order chi connectivity index (χ1) is 14.3. The van der Waals surface area contributed by atoms with Crippen LogP contribution in [0.4, 0.5) is 5.69 Å². The van der Waals surface area contributed by atoms with Crippen LogP contribution in [0.3, 0.4) is 0 Å². The third-order valence-electron chi connectivity index (χ3n) is 5.66. The highest BCUT2D eigenvalue weighted by molar-refractivity contribution is 7.89. The van der Waals surface area contributed by atoms with Crippen molar-refractivity contribution in [2.45, 2.75) is 36.5 Å². The first-order valence-corrected chi connectivity index (χ1v) is 11.5. The summed E-state index contributed by atoms with van der Waals surface area (Å²) in [6, 6.07) is 16.1. The van der Waals surface area contributed by atoms with Crippen LogP contribution in [-0.4, -0.2) is 8.42 Å². The molecule has 0 fully saturated rings. The summed E-state index contributed by atoms with van der Waals surface area (Å²) in [6.07, 6.45) is 3.69. The normalized spacial score (nSPS) is 19.5. The van der Waals surface area contributed by atoms with Gasteiger partial charge in [0.1, 0.15) is 5.82 Å². The molecule has 1 aliphatic heterocycles. The average Bonchev–Trinajstić information content (AvgIpc) is 2.73. The van der Waals surface area contributed by atoms with Crippen molar-refractivity contribution in [1.82, 2.24) is 0 Å². The molecule has 2 aromatic rings. The summed E-state index contributed by atoms with van der Waals surface area (Å²) in [7, 11) is -3.79. The van der Waals surface area contributed by atoms with Gasteiger partial charge in [0.2, 0.25) is 10.0 Å². The zero-order chi connectivity index (χ0) is 21.5. The molecule has 1 atom stereocenters. The number of halogens is 1. The van der Waals surface area contributed by atoms with Gasteiger partial charge in [0.15, 0.2) is 0 Å². The van der Waals surface area contributed by atoms with Gasteiger partial charge in [0.05, 0.1) is 16.5 Å². The maximum atomic E-state index is 11.6. The van der Waals surface area contributed by atoms with Gasteiger partial charge in [0.25, 0.3) is 0 Å². The molecule has 0 saturated carbocycles. The molecule has 0 aromatic heterocycles. The molecule has 0 bridgehead atoms. The topological polar surface area (TPSA) is 113 Å². The molecule has 2 aromatic carbocycles. The van der Waals surface area contributed by atoms with Crippen LogP contribution < -0.4 is 15.8 Å². The summed E-state index contributed by atoms with van der Waals surface area (Å²) >= 11 is 6.49. The summed E-state index contributed by atoms with van der Waals surface area (Å²) in [5.74, 6) is 0.0605. The molecular formula is C22H21ClN4O2S. The summed E-state index contributed by atoms with van der Waals surface area (Å²) in [5, 5.41) is 15.8. The quantitative estimate of drug-likeness (QED) is 0.745. The third-order valence-corrected chi connectivity index (χ3v) is 6.94. The molecule has 4 rings (SSSR count). The second kappa shape index (κ2) is 7.80. The molecule has 1 unspecified atom stereocenters. The second-order valence-electron chi connectivity index (χ2n) is 7.42. The molecule has 0 saturated heterocycles. The highest BCUT2D eigenvalue weighted by Gasteiger charge is 2.37. The highest BCUT2D eigenvalue weighted by atomic mass is 35.5. The van der Waals surface area contributed by atoms with Crippen molar-refractivity contribution in [1.29, 1.82) is 5.26 Å². The monoisotopic (exact) mass is 440 g/mol.